The number of halogens is 5. The monoisotopic (exact) mass is 418 g/mol. The van der Waals surface area contributed by atoms with Crippen molar-refractivity contribution in [3.8, 4) is 11.8 Å². The van der Waals surface area contributed by atoms with E-state index in [1.807, 2.05) is 12.1 Å². The summed E-state index contributed by atoms with van der Waals surface area (Å²) >= 11 is 0. The van der Waals surface area contributed by atoms with E-state index < -0.39 is 23.4 Å². The zero-order valence-corrected chi connectivity index (χ0v) is 16.8. The number of rotatable bonds is 1. The molecule has 2 aliphatic rings. The quantitative estimate of drug-likeness (QED) is 0.338. The van der Waals surface area contributed by atoms with Crippen molar-refractivity contribution in [3.63, 3.8) is 0 Å². The molecule has 0 amide bonds. The van der Waals surface area contributed by atoms with Crippen molar-refractivity contribution >= 4 is 0 Å². The molecule has 0 N–H and O–H groups in total. The summed E-state index contributed by atoms with van der Waals surface area (Å²) in [7, 11) is 0. The molecule has 158 valence electrons. The Morgan fingerprint density at radius 1 is 0.933 bits per heavy atom. The van der Waals surface area contributed by atoms with Crippen LogP contribution in [-0.4, -0.2) is 0 Å². The molecule has 1 fully saturated rings. The summed E-state index contributed by atoms with van der Waals surface area (Å²) in [6.45, 7) is 2.26. The van der Waals surface area contributed by atoms with Gasteiger partial charge in [0.1, 0.15) is 17.2 Å². The molecule has 0 spiro atoms. The molecule has 0 nitrogen and oxygen atoms in total. The molecule has 2 aromatic rings. The van der Waals surface area contributed by atoms with Gasteiger partial charge in [-0.3, -0.25) is 0 Å². The van der Waals surface area contributed by atoms with Crippen LogP contribution in [0.5, 0.6) is 0 Å². The van der Waals surface area contributed by atoms with E-state index in [4.69, 9.17) is 0 Å². The smallest absolute Gasteiger partial charge is 0.206 e. The highest BCUT2D eigenvalue weighted by molar-refractivity contribution is 5.48. The van der Waals surface area contributed by atoms with E-state index in [0.717, 1.165) is 18.3 Å². The lowest BCUT2D eigenvalue weighted by Crippen LogP contribution is -2.27. The topological polar surface area (TPSA) is 0 Å². The van der Waals surface area contributed by atoms with E-state index in [-0.39, 0.29) is 5.56 Å². The third kappa shape index (κ3) is 4.10. The number of fused-ring (bicyclic) bond motifs is 3. The third-order valence-corrected chi connectivity index (χ3v) is 6.67. The maximum absolute atomic E-state index is 13.7. The molecule has 2 aromatic carbocycles. The third-order valence-electron chi connectivity index (χ3n) is 6.67. The number of alkyl halides is 3. The van der Waals surface area contributed by atoms with E-state index in [1.54, 1.807) is 0 Å². The first-order valence-electron chi connectivity index (χ1n) is 10.5. The zero-order chi connectivity index (χ0) is 21.5. The molecule has 0 saturated heterocycles. The van der Waals surface area contributed by atoms with Crippen molar-refractivity contribution in [1.82, 2.24) is 0 Å². The fourth-order valence-corrected chi connectivity index (χ4v) is 5.12. The molecule has 0 heterocycles. The van der Waals surface area contributed by atoms with Gasteiger partial charge in [-0.15, -0.1) is 0 Å². The minimum Gasteiger partial charge on any atom is -0.206 e. The van der Waals surface area contributed by atoms with Gasteiger partial charge in [0.05, 0.1) is 0 Å². The molecule has 30 heavy (non-hydrogen) atoms. The molecule has 2 aliphatic carbocycles. The van der Waals surface area contributed by atoms with Crippen molar-refractivity contribution < 1.29 is 22.0 Å². The first-order valence-corrected chi connectivity index (χ1v) is 10.5. The normalized spacial score (nSPS) is 23.2. The second kappa shape index (κ2) is 8.06. The van der Waals surface area contributed by atoms with Crippen LogP contribution in [0.4, 0.5) is 22.0 Å². The number of benzene rings is 2. The predicted octanol–water partition coefficient (Wildman–Crippen LogP) is 7.24. The number of aryl methyl sites for hydroxylation is 1. The SMILES string of the molecule is CCC1CCC2c3ccc(C#Cc4cc(F)c(C(F)(F)F)c(F)c4)cc3CCC2C1. The maximum atomic E-state index is 13.7. The van der Waals surface area contributed by atoms with Gasteiger partial charge in [0.2, 0.25) is 0 Å². The summed E-state index contributed by atoms with van der Waals surface area (Å²) in [6, 6.07) is 7.29. The molecule has 3 atom stereocenters. The fourth-order valence-electron chi connectivity index (χ4n) is 5.12. The van der Waals surface area contributed by atoms with E-state index >= 15 is 0 Å². The van der Waals surface area contributed by atoms with Gasteiger partial charge < -0.3 is 0 Å². The van der Waals surface area contributed by atoms with Crippen molar-refractivity contribution in [2.24, 2.45) is 11.8 Å². The van der Waals surface area contributed by atoms with Gasteiger partial charge in [0.25, 0.3) is 0 Å². The Balaban J connectivity index is 1.57. The molecular weight excluding hydrogens is 395 g/mol. The Morgan fingerprint density at radius 3 is 2.30 bits per heavy atom. The van der Waals surface area contributed by atoms with Crippen molar-refractivity contribution in [2.75, 3.05) is 0 Å². The van der Waals surface area contributed by atoms with Crippen molar-refractivity contribution in [1.29, 1.82) is 0 Å². The van der Waals surface area contributed by atoms with Crippen LogP contribution in [-0.2, 0) is 12.6 Å². The average molecular weight is 418 g/mol. The molecule has 0 radical (unpaired) electrons. The summed E-state index contributed by atoms with van der Waals surface area (Å²) < 4.78 is 65.6. The first kappa shape index (κ1) is 20.9. The lowest BCUT2D eigenvalue weighted by molar-refractivity contribution is -0.142. The van der Waals surface area contributed by atoms with Crippen LogP contribution in [0, 0.1) is 35.3 Å². The van der Waals surface area contributed by atoms with Gasteiger partial charge in [-0.2, -0.15) is 13.2 Å². The average Bonchev–Trinajstić information content (AvgIpc) is 2.69. The zero-order valence-electron chi connectivity index (χ0n) is 16.8. The van der Waals surface area contributed by atoms with Crippen LogP contribution < -0.4 is 0 Å². The minimum atomic E-state index is -5.08. The van der Waals surface area contributed by atoms with E-state index in [0.29, 0.717) is 23.6 Å². The highest BCUT2D eigenvalue weighted by Crippen LogP contribution is 2.47. The minimum absolute atomic E-state index is 0.117. The molecule has 3 unspecified atom stereocenters. The maximum Gasteiger partial charge on any atom is 0.422 e. The Bertz CT molecular complexity index is 985. The highest BCUT2D eigenvalue weighted by atomic mass is 19.4. The number of hydrogen-bond donors (Lipinski definition) is 0. The van der Waals surface area contributed by atoms with Crippen molar-refractivity contribution in [2.45, 2.75) is 57.5 Å². The van der Waals surface area contributed by atoms with Crippen molar-refractivity contribution in [3.05, 3.63) is 69.8 Å². The second-order valence-corrected chi connectivity index (χ2v) is 8.47. The summed E-state index contributed by atoms with van der Waals surface area (Å²) in [5, 5.41) is 0. The van der Waals surface area contributed by atoms with Crippen LogP contribution in [0.2, 0.25) is 0 Å². The Kier molecular flexibility index (Phi) is 5.61. The summed E-state index contributed by atoms with van der Waals surface area (Å²) in [6.07, 6.45) is 2.11. The van der Waals surface area contributed by atoms with Gasteiger partial charge in [-0.25, -0.2) is 8.78 Å². The van der Waals surface area contributed by atoms with Gasteiger partial charge >= 0.3 is 6.18 Å². The van der Waals surface area contributed by atoms with Crippen LogP contribution in [0.25, 0.3) is 0 Å². The van der Waals surface area contributed by atoms with Gasteiger partial charge in [0, 0.05) is 11.1 Å². The first-order chi connectivity index (χ1) is 14.3. The largest absolute Gasteiger partial charge is 0.422 e. The molecule has 0 aliphatic heterocycles. The summed E-state index contributed by atoms with van der Waals surface area (Å²) in [5.74, 6) is 4.32. The summed E-state index contributed by atoms with van der Waals surface area (Å²) in [4.78, 5) is 0. The van der Waals surface area contributed by atoms with Gasteiger partial charge in [-0.05, 0) is 85.3 Å². The van der Waals surface area contributed by atoms with Crippen LogP contribution in [0.15, 0.2) is 30.3 Å². The standard InChI is InChI=1S/C25H23F5/c1-2-15-5-9-20-18(11-15)7-8-19-12-16(6-10-21(19)20)3-4-17-13-22(26)24(23(27)14-17)25(28,29)30/h6,10,12-15,18,20H,2,5,7-9,11H2,1H3. The van der Waals surface area contributed by atoms with E-state index in [9.17, 15) is 22.0 Å². The van der Waals surface area contributed by atoms with E-state index in [1.165, 1.54) is 43.2 Å². The second-order valence-electron chi connectivity index (χ2n) is 8.47. The number of hydrogen-bond acceptors (Lipinski definition) is 0. The summed E-state index contributed by atoms with van der Waals surface area (Å²) in [5.41, 5.74) is 1.36. The molecule has 4 rings (SSSR count). The predicted molar refractivity (Wildman–Crippen MR) is 106 cm³/mol. The van der Waals surface area contributed by atoms with Crippen LogP contribution >= 0.6 is 0 Å². The lowest BCUT2D eigenvalue weighted by Gasteiger charge is -2.40. The van der Waals surface area contributed by atoms with Crippen LogP contribution in [0.3, 0.4) is 0 Å². The fraction of sp³-hybridized carbons (Fsp3) is 0.440. The Labute approximate surface area is 173 Å². The Morgan fingerprint density at radius 2 is 1.63 bits per heavy atom. The molecule has 5 heteroatoms. The van der Waals surface area contributed by atoms with Gasteiger partial charge in [0.15, 0.2) is 0 Å². The Hall–Kier alpha value is -2.35. The molecule has 0 bridgehead atoms. The lowest BCUT2D eigenvalue weighted by atomic mass is 9.65. The van der Waals surface area contributed by atoms with Gasteiger partial charge in [-0.1, -0.05) is 31.3 Å². The van der Waals surface area contributed by atoms with Crippen LogP contribution in [0.1, 0.15) is 72.8 Å². The molecule has 1 saturated carbocycles. The molecular formula is C25H23F5. The van der Waals surface area contributed by atoms with E-state index in [2.05, 4.69) is 24.8 Å². The highest BCUT2D eigenvalue weighted by Gasteiger charge is 2.38. The molecule has 0 aromatic heterocycles.